The lowest BCUT2D eigenvalue weighted by Gasteiger charge is -2.02. The van der Waals surface area contributed by atoms with Crippen LogP contribution < -0.4 is 5.32 Å². The summed E-state index contributed by atoms with van der Waals surface area (Å²) in [4.78, 5) is 15.9. The Labute approximate surface area is 130 Å². The number of benzene rings is 2. The summed E-state index contributed by atoms with van der Waals surface area (Å²) < 4.78 is 31.4. The standard InChI is InChI=1S/C16H11F2N3O2/c17-10-5-7-11(8-6-10)19-15(22)9-14-20-16(23-21-14)12-3-1-2-4-13(12)18/h1-8H,9H2,(H,19,22). The fraction of sp³-hybridized carbons (Fsp3) is 0.0625. The van der Waals surface area contributed by atoms with Crippen LogP contribution in [0.5, 0.6) is 0 Å². The number of nitrogens with zero attached hydrogens (tertiary/aromatic N) is 2. The van der Waals surface area contributed by atoms with Gasteiger partial charge in [-0.25, -0.2) is 8.78 Å². The van der Waals surface area contributed by atoms with E-state index in [1.54, 1.807) is 12.1 Å². The third kappa shape index (κ3) is 3.57. The van der Waals surface area contributed by atoms with Crippen LogP contribution in [-0.4, -0.2) is 16.0 Å². The molecule has 0 radical (unpaired) electrons. The van der Waals surface area contributed by atoms with Crippen LogP contribution in [0, 0.1) is 11.6 Å². The summed E-state index contributed by atoms with van der Waals surface area (Å²) in [6.07, 6.45) is -0.144. The van der Waals surface area contributed by atoms with Crippen molar-refractivity contribution >= 4 is 11.6 Å². The number of carbonyl (C=O) groups excluding carboxylic acids is 1. The zero-order valence-electron chi connectivity index (χ0n) is 11.8. The first-order chi connectivity index (χ1) is 11.1. The maximum Gasteiger partial charge on any atom is 0.260 e. The van der Waals surface area contributed by atoms with E-state index in [4.69, 9.17) is 4.52 Å². The van der Waals surface area contributed by atoms with E-state index >= 15 is 0 Å². The topological polar surface area (TPSA) is 68.0 Å². The van der Waals surface area contributed by atoms with E-state index < -0.39 is 17.5 Å². The van der Waals surface area contributed by atoms with Crippen LogP contribution in [0.2, 0.25) is 0 Å². The van der Waals surface area contributed by atoms with Gasteiger partial charge >= 0.3 is 0 Å². The largest absolute Gasteiger partial charge is 0.334 e. The number of carbonyl (C=O) groups is 1. The molecule has 3 aromatic rings. The molecule has 23 heavy (non-hydrogen) atoms. The van der Waals surface area contributed by atoms with Crippen molar-refractivity contribution in [3.63, 3.8) is 0 Å². The van der Waals surface area contributed by atoms with Gasteiger partial charge in [-0.15, -0.1) is 0 Å². The number of hydrogen-bond acceptors (Lipinski definition) is 4. The minimum atomic E-state index is -0.488. The van der Waals surface area contributed by atoms with E-state index in [9.17, 15) is 13.6 Å². The van der Waals surface area contributed by atoms with Gasteiger partial charge in [-0.2, -0.15) is 4.98 Å². The van der Waals surface area contributed by atoms with Crippen LogP contribution in [0.25, 0.3) is 11.5 Å². The summed E-state index contributed by atoms with van der Waals surface area (Å²) >= 11 is 0. The Morgan fingerprint density at radius 1 is 1.09 bits per heavy atom. The van der Waals surface area contributed by atoms with Gasteiger partial charge in [0.15, 0.2) is 5.82 Å². The zero-order chi connectivity index (χ0) is 16.2. The molecule has 0 unspecified atom stereocenters. The van der Waals surface area contributed by atoms with E-state index in [-0.39, 0.29) is 23.7 Å². The molecule has 0 atom stereocenters. The van der Waals surface area contributed by atoms with E-state index in [2.05, 4.69) is 15.5 Å². The summed E-state index contributed by atoms with van der Waals surface area (Å²) in [6, 6.07) is 11.3. The SMILES string of the molecule is O=C(Cc1noc(-c2ccccc2F)n1)Nc1ccc(F)cc1. The average molecular weight is 315 g/mol. The molecular weight excluding hydrogens is 304 g/mol. The van der Waals surface area contributed by atoms with Gasteiger partial charge in [-0.1, -0.05) is 17.3 Å². The molecule has 116 valence electrons. The molecule has 3 rings (SSSR count). The van der Waals surface area contributed by atoms with Gasteiger partial charge in [0.2, 0.25) is 5.91 Å². The van der Waals surface area contributed by atoms with Crippen LogP contribution in [-0.2, 0) is 11.2 Å². The van der Waals surface area contributed by atoms with Crippen molar-refractivity contribution in [2.24, 2.45) is 0 Å². The number of anilines is 1. The fourth-order valence-electron chi connectivity index (χ4n) is 1.95. The van der Waals surface area contributed by atoms with Gasteiger partial charge in [0.1, 0.15) is 11.6 Å². The smallest absolute Gasteiger partial charge is 0.260 e. The molecule has 0 aliphatic rings. The van der Waals surface area contributed by atoms with Crippen molar-refractivity contribution in [3.8, 4) is 11.5 Å². The number of aromatic nitrogens is 2. The third-order valence-electron chi connectivity index (χ3n) is 3.02. The highest BCUT2D eigenvalue weighted by atomic mass is 19.1. The van der Waals surface area contributed by atoms with Crippen LogP contribution in [0.15, 0.2) is 53.1 Å². The van der Waals surface area contributed by atoms with E-state index in [0.29, 0.717) is 5.69 Å². The molecule has 0 aliphatic heterocycles. The molecule has 0 saturated heterocycles. The monoisotopic (exact) mass is 315 g/mol. The molecule has 0 fully saturated rings. The molecular formula is C16H11F2N3O2. The molecule has 0 saturated carbocycles. The van der Waals surface area contributed by atoms with Crippen LogP contribution in [0.4, 0.5) is 14.5 Å². The van der Waals surface area contributed by atoms with Crippen molar-refractivity contribution in [2.75, 3.05) is 5.32 Å². The molecule has 1 N–H and O–H groups in total. The maximum absolute atomic E-state index is 13.6. The van der Waals surface area contributed by atoms with Crippen molar-refractivity contribution in [1.29, 1.82) is 0 Å². The van der Waals surface area contributed by atoms with E-state index in [0.717, 1.165) is 0 Å². The molecule has 7 heteroatoms. The Bertz CT molecular complexity index is 831. The minimum Gasteiger partial charge on any atom is -0.334 e. The highest BCUT2D eigenvalue weighted by Gasteiger charge is 2.15. The van der Waals surface area contributed by atoms with Gasteiger partial charge in [-0.3, -0.25) is 4.79 Å². The highest BCUT2D eigenvalue weighted by Crippen LogP contribution is 2.20. The van der Waals surface area contributed by atoms with Gasteiger partial charge in [0.05, 0.1) is 12.0 Å². The number of halogens is 2. The summed E-state index contributed by atoms with van der Waals surface area (Å²) in [7, 11) is 0. The van der Waals surface area contributed by atoms with E-state index in [1.807, 2.05) is 0 Å². The Morgan fingerprint density at radius 2 is 1.83 bits per heavy atom. The Hall–Kier alpha value is -3.09. The summed E-state index contributed by atoms with van der Waals surface area (Å²) in [5.41, 5.74) is 0.624. The Kier molecular flexibility index (Phi) is 4.09. The predicted molar refractivity (Wildman–Crippen MR) is 78.4 cm³/mol. The fourth-order valence-corrected chi connectivity index (χ4v) is 1.95. The maximum atomic E-state index is 13.6. The normalized spacial score (nSPS) is 10.5. The quantitative estimate of drug-likeness (QED) is 0.803. The second-order valence-electron chi connectivity index (χ2n) is 4.73. The highest BCUT2D eigenvalue weighted by molar-refractivity contribution is 5.91. The van der Waals surface area contributed by atoms with Crippen molar-refractivity contribution < 1.29 is 18.1 Å². The molecule has 0 spiro atoms. The van der Waals surface area contributed by atoms with Gasteiger partial charge in [0.25, 0.3) is 5.89 Å². The molecule has 2 aromatic carbocycles. The second kappa shape index (κ2) is 6.35. The first kappa shape index (κ1) is 14.8. The zero-order valence-corrected chi connectivity index (χ0v) is 11.8. The van der Waals surface area contributed by atoms with Crippen LogP contribution in [0.3, 0.4) is 0 Å². The first-order valence-corrected chi connectivity index (χ1v) is 6.75. The molecule has 0 bridgehead atoms. The van der Waals surface area contributed by atoms with Crippen LogP contribution in [0.1, 0.15) is 5.82 Å². The van der Waals surface area contributed by atoms with E-state index in [1.165, 1.54) is 36.4 Å². The molecule has 1 aromatic heterocycles. The average Bonchev–Trinajstić information content (AvgIpc) is 2.98. The van der Waals surface area contributed by atoms with Crippen molar-refractivity contribution in [3.05, 3.63) is 66.0 Å². The number of amides is 1. The molecule has 5 nitrogen and oxygen atoms in total. The van der Waals surface area contributed by atoms with Crippen molar-refractivity contribution in [1.82, 2.24) is 10.1 Å². The lowest BCUT2D eigenvalue weighted by atomic mass is 10.2. The summed E-state index contributed by atoms with van der Waals surface area (Å²) in [5.74, 6) is -1.14. The summed E-state index contributed by atoms with van der Waals surface area (Å²) in [6.45, 7) is 0. The lowest BCUT2D eigenvalue weighted by molar-refractivity contribution is -0.115. The molecule has 0 aliphatic carbocycles. The number of rotatable bonds is 4. The number of nitrogens with one attached hydrogen (secondary N) is 1. The van der Waals surface area contributed by atoms with Crippen molar-refractivity contribution in [2.45, 2.75) is 6.42 Å². The molecule has 1 amide bonds. The third-order valence-corrected chi connectivity index (χ3v) is 3.02. The number of hydrogen-bond donors (Lipinski definition) is 1. The summed E-state index contributed by atoms with van der Waals surface area (Å²) in [5, 5.41) is 6.23. The van der Waals surface area contributed by atoms with Gasteiger partial charge in [0, 0.05) is 5.69 Å². The molecule has 1 heterocycles. The Morgan fingerprint density at radius 3 is 2.57 bits per heavy atom. The second-order valence-corrected chi connectivity index (χ2v) is 4.73. The van der Waals surface area contributed by atoms with Crippen LogP contribution >= 0.6 is 0 Å². The van der Waals surface area contributed by atoms with Gasteiger partial charge < -0.3 is 9.84 Å². The lowest BCUT2D eigenvalue weighted by Crippen LogP contribution is -2.15. The first-order valence-electron chi connectivity index (χ1n) is 6.75. The minimum absolute atomic E-state index is 0.00711. The predicted octanol–water partition coefficient (Wildman–Crippen LogP) is 3.20. The Balaban J connectivity index is 1.68. The van der Waals surface area contributed by atoms with Gasteiger partial charge in [-0.05, 0) is 36.4 Å².